The fraction of sp³-hybridized carbons (Fsp3) is 0.800. The lowest BCUT2D eigenvalue weighted by atomic mass is 10.2. The number of rotatable bonds is 1. The molecule has 17 heavy (non-hydrogen) atoms. The molecule has 1 saturated heterocycles. The maximum Gasteiger partial charge on any atom is 0.411 e. The summed E-state index contributed by atoms with van der Waals surface area (Å²) in [4.78, 5) is 13.3. The Hall–Kier alpha value is -1.50. The highest BCUT2D eigenvalue weighted by Crippen LogP contribution is 2.14. The molecule has 0 aliphatic carbocycles. The summed E-state index contributed by atoms with van der Waals surface area (Å²) in [5.74, 6) is -0.0597. The van der Waals surface area contributed by atoms with Crippen LogP contribution in [0, 0.1) is 0 Å². The van der Waals surface area contributed by atoms with E-state index in [4.69, 9.17) is 20.4 Å². The van der Waals surface area contributed by atoms with Crippen molar-refractivity contribution in [2.24, 2.45) is 10.9 Å². The van der Waals surface area contributed by atoms with Crippen LogP contribution in [-0.2, 0) is 9.47 Å². The van der Waals surface area contributed by atoms with Gasteiger partial charge in [0.15, 0.2) is 5.84 Å². The first-order chi connectivity index (χ1) is 7.85. The van der Waals surface area contributed by atoms with Crippen molar-refractivity contribution in [2.75, 3.05) is 19.8 Å². The van der Waals surface area contributed by atoms with Gasteiger partial charge >= 0.3 is 6.09 Å². The number of amidine groups is 1. The molecular formula is C10H19N3O4. The van der Waals surface area contributed by atoms with Crippen molar-refractivity contribution >= 4 is 11.9 Å². The molecular weight excluding hydrogens is 226 g/mol. The van der Waals surface area contributed by atoms with E-state index in [1.807, 2.05) is 0 Å². The molecule has 0 radical (unpaired) electrons. The minimum absolute atomic E-state index is 0.0597. The van der Waals surface area contributed by atoms with E-state index in [0.29, 0.717) is 13.2 Å². The van der Waals surface area contributed by atoms with Crippen LogP contribution >= 0.6 is 0 Å². The summed E-state index contributed by atoms with van der Waals surface area (Å²) in [5.41, 5.74) is 4.93. The Morgan fingerprint density at radius 1 is 1.59 bits per heavy atom. The van der Waals surface area contributed by atoms with E-state index in [-0.39, 0.29) is 12.4 Å². The van der Waals surface area contributed by atoms with Gasteiger partial charge in [-0.25, -0.2) is 4.79 Å². The summed E-state index contributed by atoms with van der Waals surface area (Å²) < 4.78 is 10.4. The molecule has 0 saturated carbocycles. The molecule has 1 aliphatic heterocycles. The third kappa shape index (κ3) is 3.77. The lowest BCUT2D eigenvalue weighted by Gasteiger charge is -2.35. The number of oxime groups is 1. The minimum Gasteiger partial charge on any atom is -0.444 e. The molecule has 1 atom stereocenters. The van der Waals surface area contributed by atoms with Crippen LogP contribution in [-0.4, -0.2) is 53.4 Å². The van der Waals surface area contributed by atoms with Crippen molar-refractivity contribution in [2.45, 2.75) is 32.4 Å². The van der Waals surface area contributed by atoms with Crippen LogP contribution < -0.4 is 5.73 Å². The van der Waals surface area contributed by atoms with E-state index < -0.39 is 17.7 Å². The van der Waals surface area contributed by atoms with E-state index >= 15 is 0 Å². The van der Waals surface area contributed by atoms with Gasteiger partial charge in [-0.3, -0.25) is 4.90 Å². The summed E-state index contributed by atoms with van der Waals surface area (Å²) in [6.07, 6.45) is -0.489. The molecule has 98 valence electrons. The number of hydrogen-bond donors (Lipinski definition) is 2. The van der Waals surface area contributed by atoms with Gasteiger partial charge in [-0.15, -0.1) is 0 Å². The van der Waals surface area contributed by atoms with Crippen molar-refractivity contribution < 1.29 is 19.5 Å². The first-order valence-corrected chi connectivity index (χ1v) is 5.40. The maximum atomic E-state index is 11.9. The molecule has 1 aliphatic rings. The average Bonchev–Trinajstić information content (AvgIpc) is 2.25. The third-order valence-corrected chi connectivity index (χ3v) is 2.21. The van der Waals surface area contributed by atoms with Crippen LogP contribution in [0.4, 0.5) is 4.79 Å². The summed E-state index contributed by atoms with van der Waals surface area (Å²) >= 11 is 0. The molecule has 3 N–H and O–H groups in total. The molecule has 0 bridgehead atoms. The molecule has 7 heteroatoms. The van der Waals surface area contributed by atoms with Crippen LogP contribution in [0.5, 0.6) is 0 Å². The normalized spacial score (nSPS) is 22.4. The summed E-state index contributed by atoms with van der Waals surface area (Å²) in [6, 6.07) is -0.580. The maximum absolute atomic E-state index is 11.9. The van der Waals surface area contributed by atoms with Gasteiger partial charge in [-0.05, 0) is 20.8 Å². The highest BCUT2D eigenvalue weighted by molar-refractivity contribution is 5.88. The van der Waals surface area contributed by atoms with Gasteiger partial charge in [0.1, 0.15) is 11.6 Å². The number of ether oxygens (including phenoxy) is 2. The van der Waals surface area contributed by atoms with E-state index in [2.05, 4.69) is 5.16 Å². The van der Waals surface area contributed by atoms with Gasteiger partial charge in [0.05, 0.1) is 13.2 Å². The van der Waals surface area contributed by atoms with Gasteiger partial charge in [0.25, 0.3) is 0 Å². The largest absolute Gasteiger partial charge is 0.444 e. The second kappa shape index (κ2) is 5.22. The monoisotopic (exact) mass is 245 g/mol. The molecule has 1 fully saturated rings. The minimum atomic E-state index is -0.580. The quantitative estimate of drug-likeness (QED) is 0.301. The van der Waals surface area contributed by atoms with Gasteiger partial charge in [0, 0.05) is 6.54 Å². The second-order valence-electron chi connectivity index (χ2n) is 4.79. The Bertz CT molecular complexity index is 311. The zero-order valence-electron chi connectivity index (χ0n) is 10.3. The topological polar surface area (TPSA) is 97.4 Å². The lowest BCUT2D eigenvalue weighted by Crippen LogP contribution is -2.55. The number of amides is 1. The molecule has 0 aromatic heterocycles. The molecule has 0 unspecified atom stereocenters. The number of morpholine rings is 1. The summed E-state index contributed by atoms with van der Waals surface area (Å²) in [7, 11) is 0. The van der Waals surface area contributed by atoms with Crippen LogP contribution in [0.2, 0.25) is 0 Å². The SMILES string of the molecule is CC(C)(C)OC(=O)N1CCOC[C@H]1C(N)=NO. The fourth-order valence-corrected chi connectivity index (χ4v) is 1.45. The smallest absolute Gasteiger partial charge is 0.411 e. The van der Waals surface area contributed by atoms with Gasteiger partial charge in [0.2, 0.25) is 0 Å². The molecule has 1 amide bonds. The molecule has 0 spiro atoms. The van der Waals surface area contributed by atoms with E-state index in [1.54, 1.807) is 20.8 Å². The van der Waals surface area contributed by atoms with Crippen LogP contribution in [0.15, 0.2) is 5.16 Å². The van der Waals surface area contributed by atoms with Crippen molar-refractivity contribution in [1.29, 1.82) is 0 Å². The Kier molecular flexibility index (Phi) is 4.17. The Morgan fingerprint density at radius 2 is 2.24 bits per heavy atom. The van der Waals surface area contributed by atoms with Crippen LogP contribution in [0.1, 0.15) is 20.8 Å². The van der Waals surface area contributed by atoms with Gasteiger partial charge < -0.3 is 20.4 Å². The van der Waals surface area contributed by atoms with E-state index in [1.165, 1.54) is 4.90 Å². The van der Waals surface area contributed by atoms with E-state index in [9.17, 15) is 4.79 Å². The zero-order chi connectivity index (χ0) is 13.1. The number of carbonyl (C=O) groups excluding carboxylic acids is 1. The fourth-order valence-electron chi connectivity index (χ4n) is 1.45. The van der Waals surface area contributed by atoms with Gasteiger partial charge in [-0.2, -0.15) is 0 Å². The number of nitrogens with zero attached hydrogens (tertiary/aromatic N) is 2. The van der Waals surface area contributed by atoms with Crippen LogP contribution in [0.25, 0.3) is 0 Å². The Labute approximate surface area is 100 Å². The number of nitrogens with two attached hydrogens (primary N) is 1. The molecule has 1 heterocycles. The van der Waals surface area contributed by atoms with Crippen molar-refractivity contribution in [3.63, 3.8) is 0 Å². The first kappa shape index (κ1) is 13.6. The molecule has 0 aromatic rings. The second-order valence-corrected chi connectivity index (χ2v) is 4.79. The zero-order valence-corrected chi connectivity index (χ0v) is 10.3. The number of hydrogen-bond acceptors (Lipinski definition) is 5. The van der Waals surface area contributed by atoms with Crippen molar-refractivity contribution in [1.82, 2.24) is 4.90 Å². The van der Waals surface area contributed by atoms with E-state index in [0.717, 1.165) is 0 Å². The first-order valence-electron chi connectivity index (χ1n) is 5.40. The summed E-state index contributed by atoms with van der Waals surface area (Å²) in [5, 5.41) is 11.6. The lowest BCUT2D eigenvalue weighted by molar-refractivity contribution is -0.0185. The number of carbonyl (C=O) groups is 1. The third-order valence-electron chi connectivity index (χ3n) is 2.21. The van der Waals surface area contributed by atoms with Crippen molar-refractivity contribution in [3.05, 3.63) is 0 Å². The van der Waals surface area contributed by atoms with Gasteiger partial charge in [-0.1, -0.05) is 5.16 Å². The predicted molar refractivity (Wildman–Crippen MR) is 61.0 cm³/mol. The standard InChI is InChI=1S/C10H19N3O4/c1-10(2,3)17-9(14)13-4-5-16-6-7(13)8(11)12-15/h7,15H,4-6H2,1-3H3,(H2,11,12)/t7-/m0/s1. The van der Waals surface area contributed by atoms with Crippen LogP contribution in [0.3, 0.4) is 0 Å². The van der Waals surface area contributed by atoms with Crippen molar-refractivity contribution in [3.8, 4) is 0 Å². The Morgan fingerprint density at radius 3 is 2.76 bits per heavy atom. The molecule has 1 rings (SSSR count). The average molecular weight is 245 g/mol. The predicted octanol–water partition coefficient (Wildman–Crippen LogP) is 0.369. The summed E-state index contributed by atoms with van der Waals surface area (Å²) in [6.45, 7) is 6.32. The molecule has 0 aromatic carbocycles. The Balaban J connectivity index is 2.75. The highest BCUT2D eigenvalue weighted by atomic mass is 16.6. The highest BCUT2D eigenvalue weighted by Gasteiger charge is 2.33. The molecule has 7 nitrogen and oxygen atoms in total.